The SMILES string of the molecule is CO[C@H]1C[C@@H]2CC[C@@H](C)[C@@](O)(O2)C(=O)C(=O)N2CCCC[C@H]2C(=O)O[C@H]([C@@H](C)C[C@H]2CC[C@@H](OCCO)[C@H](OC)C2)CC(=O)[C@H](C)/C=C(\C)[C@@H](O)[C@@H](OC)C(=O)[C@H](C)C[C@H](C)/C=C/C=CC=C1C. The number of nitrogens with zero attached hydrogens (tertiary/aromatic N) is 1. The number of piperidine rings is 1. The van der Waals surface area contributed by atoms with Crippen molar-refractivity contribution >= 4 is 29.2 Å². The van der Waals surface area contributed by atoms with Crippen molar-refractivity contribution in [1.82, 2.24) is 4.90 Å². The highest BCUT2D eigenvalue weighted by Gasteiger charge is 2.53. The van der Waals surface area contributed by atoms with Crippen LogP contribution >= 0.6 is 0 Å². The molecule has 3 aliphatic heterocycles. The minimum atomic E-state index is -2.43. The highest BCUT2D eigenvalue weighted by atomic mass is 16.6. The molecule has 68 heavy (non-hydrogen) atoms. The number of aliphatic hydroxyl groups is 3. The number of rotatable bonds is 9. The van der Waals surface area contributed by atoms with Crippen molar-refractivity contribution in [1.29, 1.82) is 0 Å². The lowest BCUT2D eigenvalue weighted by atomic mass is 9.78. The first-order chi connectivity index (χ1) is 32.3. The Balaban J connectivity index is 1.70. The predicted molar refractivity (Wildman–Crippen MR) is 256 cm³/mol. The van der Waals surface area contributed by atoms with Crippen molar-refractivity contribution in [3.05, 3.63) is 47.6 Å². The van der Waals surface area contributed by atoms with Gasteiger partial charge in [-0.15, -0.1) is 0 Å². The summed E-state index contributed by atoms with van der Waals surface area (Å²) < 4.78 is 35.6. The third-order valence-electron chi connectivity index (χ3n) is 14.9. The zero-order chi connectivity index (χ0) is 50.3. The predicted octanol–water partition coefficient (Wildman–Crippen LogP) is 6.20. The van der Waals surface area contributed by atoms with Crippen molar-refractivity contribution in [2.75, 3.05) is 41.1 Å². The Kier molecular flexibility index (Phi) is 22.9. The van der Waals surface area contributed by atoms with Gasteiger partial charge in [-0.1, -0.05) is 71.1 Å². The van der Waals surface area contributed by atoms with Gasteiger partial charge in [0.25, 0.3) is 11.7 Å². The van der Waals surface area contributed by atoms with E-state index in [1.165, 1.54) is 12.0 Å². The molecule has 1 saturated carbocycles. The van der Waals surface area contributed by atoms with Gasteiger partial charge < -0.3 is 48.6 Å². The van der Waals surface area contributed by atoms with Crippen LogP contribution in [0.4, 0.5) is 0 Å². The van der Waals surface area contributed by atoms with E-state index < -0.39 is 77.8 Å². The highest BCUT2D eigenvalue weighted by molar-refractivity contribution is 6.39. The lowest BCUT2D eigenvalue weighted by Gasteiger charge is -2.42. The molecule has 4 aliphatic rings. The molecular weight excluding hydrogens is 875 g/mol. The maximum Gasteiger partial charge on any atom is 0.329 e. The molecule has 15 nitrogen and oxygen atoms in total. The van der Waals surface area contributed by atoms with E-state index in [4.69, 9.17) is 28.4 Å². The maximum absolute atomic E-state index is 14.5. The van der Waals surface area contributed by atoms with Crippen molar-refractivity contribution < 1.29 is 67.7 Å². The number of allylic oxidation sites excluding steroid dienone is 6. The minimum Gasteiger partial charge on any atom is -0.460 e. The van der Waals surface area contributed by atoms with Crippen LogP contribution in [0.1, 0.15) is 126 Å². The Labute approximate surface area is 405 Å². The van der Waals surface area contributed by atoms with Crippen LogP contribution < -0.4 is 0 Å². The summed E-state index contributed by atoms with van der Waals surface area (Å²) in [5.41, 5.74) is 1.26. The number of Topliss-reactive ketones (excluding diaryl/α,β-unsaturated/α-hetero) is 3. The fraction of sp³-hybridized carbons (Fsp3) is 0.755. The van der Waals surface area contributed by atoms with Crippen LogP contribution in [-0.2, 0) is 52.4 Å². The summed E-state index contributed by atoms with van der Waals surface area (Å²) in [5.74, 6) is -7.96. The first kappa shape index (κ1) is 57.2. The first-order valence-electron chi connectivity index (χ1n) is 25.0. The second kappa shape index (κ2) is 27.3. The summed E-state index contributed by atoms with van der Waals surface area (Å²) in [6, 6.07) is -1.14. The van der Waals surface area contributed by atoms with Crippen molar-refractivity contribution in [3.63, 3.8) is 0 Å². The summed E-state index contributed by atoms with van der Waals surface area (Å²) in [4.78, 5) is 72.1. The molecule has 0 aromatic carbocycles. The Hall–Kier alpha value is -3.41. The van der Waals surface area contributed by atoms with Gasteiger partial charge in [0.1, 0.15) is 30.1 Å². The number of carbonyl (C=O) groups excluding carboxylic acids is 5. The Morgan fingerprint density at radius 1 is 0.853 bits per heavy atom. The van der Waals surface area contributed by atoms with Crippen LogP contribution in [0.3, 0.4) is 0 Å². The topological polar surface area (TPSA) is 205 Å². The molecule has 3 fully saturated rings. The maximum atomic E-state index is 14.5. The van der Waals surface area contributed by atoms with E-state index in [0.717, 1.165) is 12.0 Å². The zero-order valence-corrected chi connectivity index (χ0v) is 42.4. The number of ketones is 3. The van der Waals surface area contributed by atoms with Crippen LogP contribution in [0.15, 0.2) is 47.6 Å². The summed E-state index contributed by atoms with van der Waals surface area (Å²) in [7, 11) is 4.58. The third kappa shape index (κ3) is 15.3. The summed E-state index contributed by atoms with van der Waals surface area (Å²) in [6.07, 6.45) is 12.0. The lowest BCUT2D eigenvalue weighted by Crippen LogP contribution is -2.61. The number of carbonyl (C=O) groups is 5. The van der Waals surface area contributed by atoms with E-state index in [1.54, 1.807) is 41.1 Å². The standard InChI is InChI=1S/C53H83NO14/c1-32-16-12-11-13-17-33(2)44(63-8)30-40-21-19-38(7)53(62,68-40)50(59)51(60)54-23-15-14-18-41(54)52(61)67-45(35(4)28-39-20-22-43(66-25-24-55)46(29-39)64-9)31-42(56)34(3)27-37(6)48(58)49(65-10)47(57)36(5)26-32/h11-13,16-17,27,32,34-36,38-41,43-46,48-49,55,58,62H,14-15,18-26,28-31H2,1-10H3/b13-11?,16-12+,33-17?,37-27+/t32-,34-,35+,36-,38-,39-,40+,41+,43-,44+,45+,46-,48-,49+,53-/m1/s1. The van der Waals surface area contributed by atoms with E-state index in [2.05, 4.69) is 0 Å². The molecule has 1 amide bonds. The molecule has 0 spiro atoms. The number of methoxy groups -OCH3 is 3. The van der Waals surface area contributed by atoms with Gasteiger partial charge in [0.2, 0.25) is 5.79 Å². The molecule has 3 N–H and O–H groups in total. The van der Waals surface area contributed by atoms with E-state index in [-0.39, 0.29) is 74.1 Å². The van der Waals surface area contributed by atoms with E-state index in [9.17, 15) is 39.3 Å². The smallest absolute Gasteiger partial charge is 0.329 e. The fourth-order valence-corrected chi connectivity index (χ4v) is 10.5. The number of cyclic esters (lactones) is 1. The largest absolute Gasteiger partial charge is 0.460 e. The fourth-order valence-electron chi connectivity index (χ4n) is 10.5. The molecule has 0 unspecified atom stereocenters. The number of ether oxygens (including phenoxy) is 6. The summed E-state index contributed by atoms with van der Waals surface area (Å²) in [5, 5.41) is 32.8. The number of amides is 1. The van der Waals surface area contributed by atoms with Crippen LogP contribution in [-0.4, -0.2) is 145 Å². The lowest BCUT2D eigenvalue weighted by molar-refractivity contribution is -0.265. The average Bonchev–Trinajstić information content (AvgIpc) is 3.32. The zero-order valence-electron chi connectivity index (χ0n) is 42.4. The Morgan fingerprint density at radius 3 is 2.26 bits per heavy atom. The van der Waals surface area contributed by atoms with Gasteiger partial charge in [-0.2, -0.15) is 0 Å². The number of fused-ring (bicyclic) bond motifs is 3. The molecule has 2 bridgehead atoms. The molecule has 0 aromatic heterocycles. The van der Waals surface area contributed by atoms with E-state index in [0.29, 0.717) is 63.4 Å². The molecule has 15 heteroatoms. The van der Waals surface area contributed by atoms with Gasteiger partial charge in [-0.05, 0) is 107 Å². The van der Waals surface area contributed by atoms with E-state index >= 15 is 0 Å². The van der Waals surface area contributed by atoms with Crippen molar-refractivity contribution in [2.45, 2.75) is 180 Å². The molecule has 0 radical (unpaired) electrons. The highest BCUT2D eigenvalue weighted by Crippen LogP contribution is 2.38. The van der Waals surface area contributed by atoms with Crippen LogP contribution in [0.5, 0.6) is 0 Å². The Morgan fingerprint density at radius 2 is 1.59 bits per heavy atom. The summed E-state index contributed by atoms with van der Waals surface area (Å²) in [6.45, 7) is 12.9. The molecule has 0 aromatic rings. The van der Waals surface area contributed by atoms with Crippen LogP contribution in [0.2, 0.25) is 0 Å². The molecule has 1 aliphatic carbocycles. The summed E-state index contributed by atoms with van der Waals surface area (Å²) >= 11 is 0. The monoisotopic (exact) mass is 958 g/mol. The number of aliphatic hydroxyl groups excluding tert-OH is 2. The van der Waals surface area contributed by atoms with Crippen LogP contribution in [0, 0.1) is 35.5 Å². The molecule has 15 atom stereocenters. The van der Waals surface area contributed by atoms with E-state index in [1.807, 2.05) is 58.1 Å². The van der Waals surface area contributed by atoms with Gasteiger partial charge in [-0.25, -0.2) is 4.79 Å². The average molecular weight is 958 g/mol. The normalized spacial score (nSPS) is 37.9. The molecule has 2 saturated heterocycles. The molecule has 384 valence electrons. The second-order valence-electron chi connectivity index (χ2n) is 20.2. The number of esters is 1. The molecule has 3 heterocycles. The van der Waals surface area contributed by atoms with Gasteiger partial charge in [0.15, 0.2) is 5.78 Å². The van der Waals surface area contributed by atoms with Gasteiger partial charge in [-0.3, -0.25) is 19.2 Å². The van der Waals surface area contributed by atoms with Crippen molar-refractivity contribution in [2.24, 2.45) is 35.5 Å². The minimum absolute atomic E-state index is 0.0158. The molecule has 4 rings (SSSR count). The second-order valence-corrected chi connectivity index (χ2v) is 20.2. The molecular formula is C53H83NO14. The van der Waals surface area contributed by atoms with Crippen molar-refractivity contribution in [3.8, 4) is 0 Å². The Bertz CT molecular complexity index is 1810. The third-order valence-corrected chi connectivity index (χ3v) is 14.9. The number of hydrogen-bond acceptors (Lipinski definition) is 14. The van der Waals surface area contributed by atoms with Gasteiger partial charge >= 0.3 is 5.97 Å². The van der Waals surface area contributed by atoms with Gasteiger partial charge in [0.05, 0.1) is 37.6 Å². The quantitative estimate of drug-likeness (QED) is 0.134. The van der Waals surface area contributed by atoms with Crippen LogP contribution in [0.25, 0.3) is 0 Å². The van der Waals surface area contributed by atoms with Gasteiger partial charge in [0, 0.05) is 58.5 Å². The first-order valence-corrected chi connectivity index (χ1v) is 25.0. The number of hydrogen-bond donors (Lipinski definition) is 3.